The lowest BCUT2D eigenvalue weighted by Gasteiger charge is -2.14. The predicted molar refractivity (Wildman–Crippen MR) is 91.0 cm³/mol. The zero-order valence-corrected chi connectivity index (χ0v) is 14.2. The molecule has 0 unspecified atom stereocenters. The van der Waals surface area contributed by atoms with Gasteiger partial charge in [0.25, 0.3) is 5.91 Å². The van der Waals surface area contributed by atoms with Crippen molar-refractivity contribution in [3.63, 3.8) is 0 Å². The maximum absolute atomic E-state index is 12.2. The first-order chi connectivity index (χ1) is 10.5. The van der Waals surface area contributed by atoms with Gasteiger partial charge in [-0.25, -0.2) is 4.98 Å². The minimum atomic E-state index is -0.357. The number of carbonyl (C=O) groups excluding carboxylic acids is 1. The summed E-state index contributed by atoms with van der Waals surface area (Å²) in [5.74, 6) is -0.357. The maximum atomic E-state index is 12.2. The molecule has 1 atom stereocenters. The van der Waals surface area contributed by atoms with Gasteiger partial charge in [-0.15, -0.1) is 0 Å². The summed E-state index contributed by atoms with van der Waals surface area (Å²) in [5.41, 5.74) is 1.32. The van der Waals surface area contributed by atoms with E-state index in [0.29, 0.717) is 0 Å². The average Bonchev–Trinajstić information content (AvgIpc) is 2.51. The number of amides is 1. The molecule has 0 bridgehead atoms. The van der Waals surface area contributed by atoms with Crippen molar-refractivity contribution < 1.29 is 4.79 Å². The van der Waals surface area contributed by atoms with Crippen LogP contribution in [0.5, 0.6) is 0 Å². The van der Waals surface area contributed by atoms with E-state index < -0.39 is 0 Å². The maximum Gasteiger partial charge on any atom is 0.271 e. The number of aromatic nitrogens is 1. The molecule has 3 nitrogen and oxygen atoms in total. The fraction of sp³-hybridized carbons (Fsp3) is 0.250. The zero-order valence-electron chi connectivity index (χ0n) is 11.9. The molecule has 2 rings (SSSR count). The highest BCUT2D eigenvalue weighted by molar-refractivity contribution is 6.48. The van der Waals surface area contributed by atoms with Crippen molar-refractivity contribution in [1.82, 2.24) is 10.3 Å². The van der Waals surface area contributed by atoms with Crippen molar-refractivity contribution in [3.8, 4) is 0 Å². The molecule has 0 radical (unpaired) electrons. The molecule has 0 aliphatic carbocycles. The topological polar surface area (TPSA) is 42.0 Å². The minimum Gasteiger partial charge on any atom is -0.348 e. The third-order valence-electron chi connectivity index (χ3n) is 3.22. The quantitative estimate of drug-likeness (QED) is 0.835. The highest BCUT2D eigenvalue weighted by Crippen LogP contribution is 2.31. The first-order valence-corrected chi connectivity index (χ1v) is 7.96. The Bertz CT molecular complexity index is 662. The Hall–Kier alpha value is -1.29. The van der Waals surface area contributed by atoms with Crippen LogP contribution in [-0.4, -0.2) is 16.9 Å². The lowest BCUT2D eigenvalue weighted by atomic mass is 10.1. The molecule has 0 fully saturated rings. The van der Waals surface area contributed by atoms with E-state index in [1.165, 1.54) is 11.8 Å². The lowest BCUT2D eigenvalue weighted by Crippen LogP contribution is -2.33. The van der Waals surface area contributed by atoms with Crippen molar-refractivity contribution in [2.24, 2.45) is 0 Å². The number of hydrogen-bond donors (Lipinski definition) is 1. The van der Waals surface area contributed by atoms with Gasteiger partial charge >= 0.3 is 0 Å². The van der Waals surface area contributed by atoms with Crippen LogP contribution in [0.3, 0.4) is 0 Å². The molecule has 0 aliphatic rings. The molecule has 0 saturated heterocycles. The van der Waals surface area contributed by atoms with Gasteiger partial charge in [0.05, 0.1) is 15.1 Å². The second-order valence-corrected chi connectivity index (χ2v) is 6.14. The Labute approximate surface area is 144 Å². The van der Waals surface area contributed by atoms with E-state index in [-0.39, 0.29) is 32.7 Å². The second-order valence-electron chi connectivity index (χ2n) is 4.98. The number of nitrogens with zero attached hydrogens (tertiary/aromatic N) is 1. The number of carbonyl (C=O) groups is 1. The van der Waals surface area contributed by atoms with E-state index in [1.807, 2.05) is 25.1 Å². The van der Waals surface area contributed by atoms with Gasteiger partial charge in [-0.05, 0) is 25.3 Å². The first-order valence-electron chi connectivity index (χ1n) is 6.83. The Balaban J connectivity index is 1.95. The predicted octanol–water partition coefficient (Wildman–Crippen LogP) is 4.79. The molecule has 1 amide bonds. The van der Waals surface area contributed by atoms with Crippen molar-refractivity contribution in [3.05, 3.63) is 62.9 Å². The van der Waals surface area contributed by atoms with Gasteiger partial charge in [-0.2, -0.15) is 0 Å². The Morgan fingerprint density at radius 3 is 2.55 bits per heavy atom. The number of benzene rings is 1. The highest BCUT2D eigenvalue weighted by Gasteiger charge is 2.18. The number of hydrogen-bond acceptors (Lipinski definition) is 2. The lowest BCUT2D eigenvalue weighted by molar-refractivity contribution is 0.0933. The van der Waals surface area contributed by atoms with Gasteiger partial charge in [0.15, 0.2) is 0 Å². The van der Waals surface area contributed by atoms with Crippen LogP contribution >= 0.6 is 34.8 Å². The van der Waals surface area contributed by atoms with Crippen molar-refractivity contribution in [2.45, 2.75) is 25.8 Å². The summed E-state index contributed by atoms with van der Waals surface area (Å²) in [6.45, 7) is 1.94. The van der Waals surface area contributed by atoms with Crippen LogP contribution in [0.15, 0.2) is 36.5 Å². The van der Waals surface area contributed by atoms with Crippen molar-refractivity contribution >= 4 is 40.7 Å². The van der Waals surface area contributed by atoms with Crippen LogP contribution in [0.4, 0.5) is 0 Å². The molecule has 22 heavy (non-hydrogen) atoms. The number of rotatable bonds is 5. The molecule has 2 aromatic rings. The van der Waals surface area contributed by atoms with Crippen LogP contribution in [0.1, 0.15) is 29.4 Å². The zero-order chi connectivity index (χ0) is 16.1. The summed E-state index contributed by atoms with van der Waals surface area (Å²) in [6.07, 6.45) is 3.01. The van der Waals surface area contributed by atoms with Gasteiger partial charge in [-0.1, -0.05) is 65.1 Å². The molecule has 0 aliphatic heterocycles. The first kappa shape index (κ1) is 17.1. The van der Waals surface area contributed by atoms with Gasteiger partial charge in [0.2, 0.25) is 0 Å². The van der Waals surface area contributed by atoms with Crippen molar-refractivity contribution in [1.29, 1.82) is 0 Å². The van der Waals surface area contributed by atoms with Gasteiger partial charge in [0, 0.05) is 12.2 Å². The normalized spacial score (nSPS) is 12.0. The second kappa shape index (κ2) is 7.82. The summed E-state index contributed by atoms with van der Waals surface area (Å²) in [5, 5.41) is 3.30. The molecular weight excluding hydrogens is 343 g/mol. The standard InChI is InChI=1S/C16H15Cl3N2O/c1-10(7-8-11-5-3-2-4-6-11)21-16(22)15-14(19)13(18)12(17)9-20-15/h2-6,9-10H,7-8H2,1H3,(H,21,22)/t10-/m0/s1. The van der Waals surface area contributed by atoms with E-state index in [0.717, 1.165) is 12.8 Å². The monoisotopic (exact) mass is 356 g/mol. The summed E-state index contributed by atoms with van der Waals surface area (Å²) in [6, 6.07) is 10.1. The van der Waals surface area contributed by atoms with Gasteiger partial charge in [-0.3, -0.25) is 4.79 Å². The smallest absolute Gasteiger partial charge is 0.271 e. The molecule has 1 heterocycles. The average molecular weight is 358 g/mol. The van der Waals surface area contributed by atoms with Crippen LogP contribution < -0.4 is 5.32 Å². The molecule has 0 spiro atoms. The minimum absolute atomic E-state index is 0.0139. The molecule has 6 heteroatoms. The summed E-state index contributed by atoms with van der Waals surface area (Å²) in [4.78, 5) is 16.1. The number of nitrogens with one attached hydrogen (secondary N) is 1. The SMILES string of the molecule is C[C@@H](CCc1ccccc1)NC(=O)c1ncc(Cl)c(Cl)c1Cl. The summed E-state index contributed by atoms with van der Waals surface area (Å²) < 4.78 is 0. The number of aryl methyl sites for hydroxylation is 1. The fourth-order valence-electron chi connectivity index (χ4n) is 1.99. The van der Waals surface area contributed by atoms with Crippen LogP contribution in [0, 0.1) is 0 Å². The molecule has 1 aromatic heterocycles. The van der Waals surface area contributed by atoms with E-state index in [2.05, 4.69) is 22.4 Å². The van der Waals surface area contributed by atoms with Gasteiger partial charge in [0.1, 0.15) is 5.69 Å². The Kier molecular flexibility index (Phi) is 6.07. The highest BCUT2D eigenvalue weighted by atomic mass is 35.5. The van der Waals surface area contributed by atoms with Crippen LogP contribution in [-0.2, 0) is 6.42 Å². The fourth-order valence-corrected chi connectivity index (χ4v) is 2.56. The molecule has 0 saturated carbocycles. The van der Waals surface area contributed by atoms with E-state index >= 15 is 0 Å². The summed E-state index contributed by atoms with van der Waals surface area (Å²) in [7, 11) is 0. The summed E-state index contributed by atoms with van der Waals surface area (Å²) >= 11 is 17.7. The van der Waals surface area contributed by atoms with Gasteiger partial charge < -0.3 is 5.32 Å². The molecular formula is C16H15Cl3N2O. The molecule has 1 aromatic carbocycles. The Morgan fingerprint density at radius 1 is 1.18 bits per heavy atom. The third kappa shape index (κ3) is 4.35. The number of pyridine rings is 1. The molecule has 116 valence electrons. The van der Waals surface area contributed by atoms with Crippen LogP contribution in [0.2, 0.25) is 15.1 Å². The number of halogens is 3. The Morgan fingerprint density at radius 2 is 1.86 bits per heavy atom. The largest absolute Gasteiger partial charge is 0.348 e. The van der Waals surface area contributed by atoms with Crippen molar-refractivity contribution in [2.75, 3.05) is 0 Å². The van der Waals surface area contributed by atoms with Crippen LogP contribution in [0.25, 0.3) is 0 Å². The van der Waals surface area contributed by atoms with E-state index in [1.54, 1.807) is 0 Å². The third-order valence-corrected chi connectivity index (χ3v) is 4.46. The molecule has 1 N–H and O–H groups in total. The van der Waals surface area contributed by atoms with E-state index in [4.69, 9.17) is 34.8 Å². The van der Waals surface area contributed by atoms with E-state index in [9.17, 15) is 4.79 Å².